The summed E-state index contributed by atoms with van der Waals surface area (Å²) < 4.78 is 6.52. The number of carbonyl (C=O) groups excluding carboxylic acids is 1. The third-order valence-corrected chi connectivity index (χ3v) is 2.92. The van der Waals surface area contributed by atoms with Crippen molar-refractivity contribution in [2.24, 2.45) is 0 Å². The monoisotopic (exact) mass is 298 g/mol. The van der Waals surface area contributed by atoms with E-state index in [2.05, 4.69) is 25.9 Å². The molecule has 0 spiro atoms. The van der Waals surface area contributed by atoms with Crippen LogP contribution in [0.1, 0.15) is 11.5 Å². The van der Waals surface area contributed by atoms with Gasteiger partial charge in [-0.2, -0.15) is 5.10 Å². The molecule has 0 radical (unpaired) electrons. The molecular formula is C14H14N6O2. The zero-order valence-electron chi connectivity index (χ0n) is 11.9. The number of hydrogen-bond acceptors (Lipinski definition) is 5. The Balaban J connectivity index is 1.67. The molecule has 2 amide bonds. The number of benzene rings is 1. The molecule has 8 nitrogen and oxygen atoms in total. The predicted molar refractivity (Wildman–Crippen MR) is 78.5 cm³/mol. The van der Waals surface area contributed by atoms with E-state index in [1.807, 2.05) is 18.2 Å². The van der Waals surface area contributed by atoms with Crippen LogP contribution in [0.2, 0.25) is 0 Å². The van der Waals surface area contributed by atoms with Crippen LogP contribution in [0.5, 0.6) is 0 Å². The minimum absolute atomic E-state index is 0.286. The van der Waals surface area contributed by atoms with E-state index in [0.717, 1.165) is 5.69 Å². The minimum Gasteiger partial charge on any atom is -0.361 e. The van der Waals surface area contributed by atoms with E-state index in [4.69, 9.17) is 4.52 Å². The second-order valence-corrected chi connectivity index (χ2v) is 4.59. The summed E-state index contributed by atoms with van der Waals surface area (Å²) in [5.41, 5.74) is 2.02. The van der Waals surface area contributed by atoms with Crippen LogP contribution in [0.3, 0.4) is 0 Å². The van der Waals surface area contributed by atoms with Gasteiger partial charge in [-0.1, -0.05) is 17.3 Å². The lowest BCUT2D eigenvalue weighted by Gasteiger charge is -2.10. The molecular weight excluding hydrogens is 284 g/mol. The van der Waals surface area contributed by atoms with Gasteiger partial charge in [-0.05, 0) is 19.1 Å². The number of anilines is 1. The first-order chi connectivity index (χ1) is 10.7. The Hall–Kier alpha value is -3.16. The van der Waals surface area contributed by atoms with Crippen molar-refractivity contribution in [1.29, 1.82) is 0 Å². The van der Waals surface area contributed by atoms with Gasteiger partial charge >= 0.3 is 6.03 Å². The Labute approximate surface area is 126 Å². The lowest BCUT2D eigenvalue weighted by molar-refractivity contribution is 0.251. The molecule has 2 heterocycles. The molecule has 0 aliphatic carbocycles. The molecule has 0 aliphatic heterocycles. The lowest BCUT2D eigenvalue weighted by Crippen LogP contribution is -2.28. The molecule has 0 fully saturated rings. The van der Waals surface area contributed by atoms with Gasteiger partial charge in [0, 0.05) is 6.07 Å². The van der Waals surface area contributed by atoms with Gasteiger partial charge in [-0.3, -0.25) is 0 Å². The molecule has 22 heavy (non-hydrogen) atoms. The van der Waals surface area contributed by atoms with Gasteiger partial charge < -0.3 is 15.2 Å². The number of nitrogens with one attached hydrogen (secondary N) is 2. The van der Waals surface area contributed by atoms with E-state index in [-0.39, 0.29) is 12.6 Å². The van der Waals surface area contributed by atoms with Gasteiger partial charge in [-0.15, -0.1) is 0 Å². The third-order valence-electron chi connectivity index (χ3n) is 2.92. The van der Waals surface area contributed by atoms with Gasteiger partial charge in [0.05, 0.1) is 17.9 Å². The van der Waals surface area contributed by atoms with Crippen molar-refractivity contribution < 1.29 is 9.32 Å². The molecule has 3 aromatic rings. The van der Waals surface area contributed by atoms with Crippen LogP contribution >= 0.6 is 0 Å². The molecule has 2 N–H and O–H groups in total. The van der Waals surface area contributed by atoms with Crippen LogP contribution in [-0.2, 0) is 6.54 Å². The van der Waals surface area contributed by atoms with Crippen LogP contribution < -0.4 is 10.6 Å². The number of hydrogen-bond donors (Lipinski definition) is 2. The highest BCUT2D eigenvalue weighted by Gasteiger charge is 2.09. The molecule has 3 rings (SSSR count). The highest BCUT2D eigenvalue weighted by molar-refractivity contribution is 5.91. The summed E-state index contributed by atoms with van der Waals surface area (Å²) >= 11 is 0. The fourth-order valence-electron chi connectivity index (χ4n) is 1.95. The molecule has 0 atom stereocenters. The summed E-state index contributed by atoms with van der Waals surface area (Å²) in [6.45, 7) is 2.08. The maximum atomic E-state index is 12.0. The Morgan fingerprint density at radius 3 is 2.95 bits per heavy atom. The van der Waals surface area contributed by atoms with E-state index in [1.54, 1.807) is 30.1 Å². The molecule has 8 heteroatoms. The fourth-order valence-corrected chi connectivity index (χ4v) is 1.95. The minimum atomic E-state index is -0.340. The van der Waals surface area contributed by atoms with E-state index in [0.29, 0.717) is 17.1 Å². The molecule has 2 aromatic heterocycles. The van der Waals surface area contributed by atoms with Crippen molar-refractivity contribution in [2.45, 2.75) is 13.5 Å². The van der Waals surface area contributed by atoms with E-state index >= 15 is 0 Å². The first kappa shape index (κ1) is 13.8. The van der Waals surface area contributed by atoms with E-state index in [1.165, 1.54) is 6.33 Å². The number of carbonyl (C=O) groups is 1. The normalized spacial score (nSPS) is 10.4. The quantitative estimate of drug-likeness (QED) is 0.766. The molecule has 0 saturated heterocycles. The summed E-state index contributed by atoms with van der Waals surface area (Å²) in [7, 11) is 0. The second kappa shape index (κ2) is 6.08. The number of nitrogens with zero attached hydrogens (tertiary/aromatic N) is 4. The smallest absolute Gasteiger partial charge is 0.319 e. The van der Waals surface area contributed by atoms with Crippen molar-refractivity contribution in [2.75, 3.05) is 5.32 Å². The number of aryl methyl sites for hydroxylation is 1. The van der Waals surface area contributed by atoms with Crippen molar-refractivity contribution in [3.05, 3.63) is 54.4 Å². The Morgan fingerprint density at radius 2 is 2.23 bits per heavy atom. The Morgan fingerprint density at radius 1 is 1.36 bits per heavy atom. The summed E-state index contributed by atoms with van der Waals surface area (Å²) in [6.07, 6.45) is 3.00. The van der Waals surface area contributed by atoms with Crippen LogP contribution in [0.15, 0.2) is 47.5 Å². The van der Waals surface area contributed by atoms with Gasteiger partial charge in [-0.25, -0.2) is 14.5 Å². The average molecular weight is 298 g/mol. The third kappa shape index (κ3) is 3.11. The topological polar surface area (TPSA) is 97.9 Å². The van der Waals surface area contributed by atoms with Crippen LogP contribution in [0.4, 0.5) is 10.5 Å². The zero-order chi connectivity index (χ0) is 15.4. The maximum Gasteiger partial charge on any atom is 0.319 e. The summed E-state index contributed by atoms with van der Waals surface area (Å²) in [6, 6.07) is 8.74. The van der Waals surface area contributed by atoms with Crippen molar-refractivity contribution >= 4 is 11.7 Å². The van der Waals surface area contributed by atoms with E-state index in [9.17, 15) is 4.79 Å². The highest BCUT2D eigenvalue weighted by atomic mass is 16.5. The summed E-state index contributed by atoms with van der Waals surface area (Å²) in [5.74, 6) is 0.703. The van der Waals surface area contributed by atoms with Crippen LogP contribution in [0, 0.1) is 6.92 Å². The molecule has 0 unspecified atom stereocenters. The highest BCUT2D eigenvalue weighted by Crippen LogP contribution is 2.18. The zero-order valence-corrected chi connectivity index (χ0v) is 11.9. The fraction of sp³-hybridized carbons (Fsp3) is 0.143. The predicted octanol–water partition coefficient (Wildman–Crippen LogP) is 1.89. The van der Waals surface area contributed by atoms with Gasteiger partial charge in [0.1, 0.15) is 24.1 Å². The summed E-state index contributed by atoms with van der Waals surface area (Å²) in [5, 5.41) is 13.4. The van der Waals surface area contributed by atoms with E-state index < -0.39 is 0 Å². The van der Waals surface area contributed by atoms with Crippen molar-refractivity contribution in [3.63, 3.8) is 0 Å². The van der Waals surface area contributed by atoms with Gasteiger partial charge in [0.25, 0.3) is 0 Å². The molecule has 0 aliphatic rings. The number of para-hydroxylation sites is 2. The SMILES string of the molecule is Cc1cc(CNC(=O)Nc2ccccc2-n2cncn2)no1. The number of amides is 2. The van der Waals surface area contributed by atoms with Crippen LogP contribution in [0.25, 0.3) is 5.69 Å². The first-order valence-corrected chi connectivity index (χ1v) is 6.63. The summed E-state index contributed by atoms with van der Waals surface area (Å²) in [4.78, 5) is 15.9. The second-order valence-electron chi connectivity index (χ2n) is 4.59. The average Bonchev–Trinajstić information content (AvgIpc) is 3.17. The van der Waals surface area contributed by atoms with Crippen LogP contribution in [-0.4, -0.2) is 26.0 Å². The van der Waals surface area contributed by atoms with Crippen molar-refractivity contribution in [1.82, 2.24) is 25.2 Å². The number of urea groups is 1. The molecule has 112 valence electrons. The largest absolute Gasteiger partial charge is 0.361 e. The maximum absolute atomic E-state index is 12.0. The number of rotatable bonds is 4. The molecule has 0 saturated carbocycles. The Bertz CT molecular complexity index is 765. The van der Waals surface area contributed by atoms with Gasteiger partial charge in [0.2, 0.25) is 0 Å². The lowest BCUT2D eigenvalue weighted by atomic mass is 10.2. The van der Waals surface area contributed by atoms with Gasteiger partial charge in [0.15, 0.2) is 0 Å². The molecule has 0 bridgehead atoms. The van der Waals surface area contributed by atoms with Crippen molar-refractivity contribution in [3.8, 4) is 5.69 Å². The number of aromatic nitrogens is 4. The molecule has 1 aromatic carbocycles. The standard InChI is InChI=1S/C14H14N6O2/c1-10-6-11(19-22-10)7-16-14(21)18-12-4-2-3-5-13(12)20-9-15-8-17-20/h2-6,8-9H,7H2,1H3,(H2,16,18,21). The first-order valence-electron chi connectivity index (χ1n) is 6.63. The Kier molecular flexibility index (Phi) is 3.82.